The molecule has 0 aromatic heterocycles. The molecule has 0 aliphatic heterocycles. The Morgan fingerprint density at radius 2 is 1.86 bits per heavy atom. The molecule has 1 fully saturated rings. The molecule has 0 spiro atoms. The molecule has 1 saturated carbocycles. The second-order valence-corrected chi connectivity index (χ2v) is 7.26. The molecule has 2 aromatic carbocycles. The van der Waals surface area contributed by atoms with Gasteiger partial charge in [-0.05, 0) is 36.6 Å². The van der Waals surface area contributed by atoms with Crippen LogP contribution >= 0.6 is 0 Å². The van der Waals surface area contributed by atoms with Gasteiger partial charge in [-0.3, -0.25) is 4.79 Å². The second kappa shape index (κ2) is 9.25. The number of nitrogens with one attached hydrogen (secondary N) is 3. The molecule has 0 heterocycles. The number of aliphatic hydroxyl groups excluding tert-OH is 1. The largest absolute Gasteiger partial charge is 0.495 e. The van der Waals surface area contributed by atoms with E-state index >= 15 is 0 Å². The van der Waals surface area contributed by atoms with Crippen LogP contribution in [0.3, 0.4) is 0 Å². The van der Waals surface area contributed by atoms with E-state index < -0.39 is 5.91 Å². The molecule has 0 unspecified atom stereocenters. The second-order valence-electron chi connectivity index (χ2n) is 7.26. The summed E-state index contributed by atoms with van der Waals surface area (Å²) in [5.41, 5.74) is 13.9. The van der Waals surface area contributed by atoms with Crippen molar-refractivity contribution in [1.82, 2.24) is 0 Å². The number of carbonyl (C=O) groups excluding carboxylic acids is 1. The highest BCUT2D eigenvalue weighted by Crippen LogP contribution is 2.26. The van der Waals surface area contributed by atoms with Crippen LogP contribution in [0.25, 0.3) is 0 Å². The summed E-state index contributed by atoms with van der Waals surface area (Å²) in [7, 11) is 0. The van der Waals surface area contributed by atoms with E-state index in [0.29, 0.717) is 11.3 Å². The fourth-order valence-corrected chi connectivity index (χ4v) is 3.52. The molecular formula is C22H27N5O2. The number of hydrogen-bond donors (Lipinski definition) is 6. The molecule has 0 bridgehead atoms. The van der Waals surface area contributed by atoms with Crippen molar-refractivity contribution in [2.75, 3.05) is 10.6 Å². The third kappa shape index (κ3) is 5.36. The number of primary amides is 1. The summed E-state index contributed by atoms with van der Waals surface area (Å²) in [5, 5.41) is 24.6. The predicted octanol–water partition coefficient (Wildman–Crippen LogP) is 3.35. The van der Waals surface area contributed by atoms with Crippen molar-refractivity contribution in [3.63, 3.8) is 0 Å². The van der Waals surface area contributed by atoms with Crippen molar-refractivity contribution in [2.24, 2.45) is 11.5 Å². The Labute approximate surface area is 170 Å². The lowest BCUT2D eigenvalue weighted by Gasteiger charge is -2.30. The Morgan fingerprint density at radius 1 is 1.14 bits per heavy atom. The molecule has 3 rings (SSSR count). The van der Waals surface area contributed by atoms with Gasteiger partial charge in [0.25, 0.3) is 5.91 Å². The topological polar surface area (TPSA) is 137 Å². The Balaban J connectivity index is 1.79. The Hall–Kier alpha value is -3.32. The van der Waals surface area contributed by atoms with Crippen molar-refractivity contribution >= 4 is 23.0 Å². The van der Waals surface area contributed by atoms with E-state index in [1.165, 1.54) is 6.08 Å². The van der Waals surface area contributed by atoms with Gasteiger partial charge in [-0.15, -0.1) is 0 Å². The molecule has 8 N–H and O–H groups in total. The smallest absolute Gasteiger partial charge is 0.250 e. The fraction of sp³-hybridized carbons (Fsp3) is 0.273. The first-order valence-corrected chi connectivity index (χ1v) is 9.71. The molecule has 2 atom stereocenters. The van der Waals surface area contributed by atoms with Crippen molar-refractivity contribution < 1.29 is 9.90 Å². The van der Waals surface area contributed by atoms with Crippen molar-refractivity contribution in [3.05, 3.63) is 71.6 Å². The van der Waals surface area contributed by atoms with E-state index in [4.69, 9.17) is 16.9 Å². The van der Waals surface area contributed by atoms with Gasteiger partial charge in [-0.2, -0.15) is 0 Å². The zero-order valence-electron chi connectivity index (χ0n) is 16.2. The van der Waals surface area contributed by atoms with Gasteiger partial charge in [0, 0.05) is 23.8 Å². The molecule has 1 aliphatic carbocycles. The first-order chi connectivity index (χ1) is 13.9. The Bertz CT molecular complexity index is 911. The molecule has 0 radical (unpaired) electrons. The van der Waals surface area contributed by atoms with E-state index in [9.17, 15) is 9.90 Å². The SMILES string of the molecule is N=C(/C=C(\O)Nc1cc(N[C@@H]2CCCC[C@@H]2N)ccc1C(N)=O)c1ccccc1. The third-order valence-corrected chi connectivity index (χ3v) is 5.09. The molecule has 7 nitrogen and oxygen atoms in total. The highest BCUT2D eigenvalue weighted by molar-refractivity contribution is 6.07. The minimum absolute atomic E-state index is 0.0793. The lowest BCUT2D eigenvalue weighted by atomic mass is 9.91. The fourth-order valence-electron chi connectivity index (χ4n) is 3.52. The summed E-state index contributed by atoms with van der Waals surface area (Å²) >= 11 is 0. The number of rotatable bonds is 7. The monoisotopic (exact) mass is 393 g/mol. The quantitative estimate of drug-likeness (QED) is 0.316. The molecule has 29 heavy (non-hydrogen) atoms. The van der Waals surface area contributed by atoms with Crippen molar-refractivity contribution in [1.29, 1.82) is 5.41 Å². The predicted molar refractivity (Wildman–Crippen MR) is 116 cm³/mol. The van der Waals surface area contributed by atoms with Crippen LogP contribution in [-0.2, 0) is 0 Å². The lowest BCUT2D eigenvalue weighted by Crippen LogP contribution is -2.42. The average Bonchev–Trinajstić information content (AvgIpc) is 2.70. The molecule has 152 valence electrons. The van der Waals surface area contributed by atoms with Crippen LogP contribution in [0.5, 0.6) is 0 Å². The van der Waals surface area contributed by atoms with Gasteiger partial charge in [0.2, 0.25) is 0 Å². The van der Waals surface area contributed by atoms with Gasteiger partial charge >= 0.3 is 0 Å². The molecule has 1 aliphatic rings. The molecule has 7 heteroatoms. The zero-order valence-corrected chi connectivity index (χ0v) is 16.2. The maximum Gasteiger partial charge on any atom is 0.250 e. The molecule has 0 saturated heterocycles. The number of benzene rings is 2. The molecule has 1 amide bonds. The van der Waals surface area contributed by atoms with E-state index in [-0.39, 0.29) is 29.2 Å². The van der Waals surface area contributed by atoms with E-state index in [1.807, 2.05) is 18.2 Å². The van der Waals surface area contributed by atoms with Gasteiger partial charge in [-0.25, -0.2) is 0 Å². The Morgan fingerprint density at radius 3 is 2.55 bits per heavy atom. The lowest BCUT2D eigenvalue weighted by molar-refractivity contribution is 0.100. The number of carbonyl (C=O) groups is 1. The number of nitrogens with two attached hydrogens (primary N) is 2. The van der Waals surface area contributed by atoms with Gasteiger partial charge < -0.3 is 32.6 Å². The summed E-state index contributed by atoms with van der Waals surface area (Å²) in [4.78, 5) is 11.8. The van der Waals surface area contributed by atoms with Crippen molar-refractivity contribution in [3.8, 4) is 0 Å². The average molecular weight is 393 g/mol. The van der Waals surface area contributed by atoms with E-state index in [2.05, 4.69) is 10.6 Å². The van der Waals surface area contributed by atoms with Gasteiger partial charge in [0.15, 0.2) is 5.88 Å². The summed E-state index contributed by atoms with van der Waals surface area (Å²) in [6.45, 7) is 0. The minimum Gasteiger partial charge on any atom is -0.495 e. The maximum atomic E-state index is 11.8. The normalized spacial score (nSPS) is 19.4. The van der Waals surface area contributed by atoms with Crippen LogP contribution in [-0.4, -0.2) is 28.8 Å². The molecule has 2 aromatic rings. The van der Waals surface area contributed by atoms with Crippen molar-refractivity contribution in [2.45, 2.75) is 37.8 Å². The maximum absolute atomic E-state index is 11.8. The van der Waals surface area contributed by atoms with Crippen LogP contribution in [0.4, 0.5) is 11.4 Å². The summed E-state index contributed by atoms with van der Waals surface area (Å²) in [6.07, 6.45) is 5.52. The number of aliphatic hydroxyl groups is 1. The number of anilines is 2. The molecular weight excluding hydrogens is 366 g/mol. The Kier molecular flexibility index (Phi) is 6.51. The van der Waals surface area contributed by atoms with Gasteiger partial charge in [-0.1, -0.05) is 43.2 Å². The van der Waals surface area contributed by atoms with Crippen LogP contribution in [0.2, 0.25) is 0 Å². The van der Waals surface area contributed by atoms with Crippen LogP contribution < -0.4 is 22.1 Å². The first-order valence-electron chi connectivity index (χ1n) is 9.71. The van der Waals surface area contributed by atoms with Crippen LogP contribution in [0.1, 0.15) is 41.6 Å². The van der Waals surface area contributed by atoms with E-state index in [1.54, 1.807) is 30.3 Å². The zero-order chi connectivity index (χ0) is 20.8. The summed E-state index contributed by atoms with van der Waals surface area (Å²) in [6, 6.07) is 14.4. The van der Waals surface area contributed by atoms with Crippen LogP contribution in [0.15, 0.2) is 60.5 Å². The highest BCUT2D eigenvalue weighted by atomic mass is 16.3. The number of allylic oxidation sites excluding steroid dienone is 1. The number of amides is 1. The summed E-state index contributed by atoms with van der Waals surface area (Å²) in [5.74, 6) is -0.868. The van der Waals surface area contributed by atoms with Gasteiger partial charge in [0.1, 0.15) is 0 Å². The summed E-state index contributed by atoms with van der Waals surface area (Å²) < 4.78 is 0. The highest BCUT2D eigenvalue weighted by Gasteiger charge is 2.22. The number of hydrogen-bond acceptors (Lipinski definition) is 6. The van der Waals surface area contributed by atoms with E-state index in [0.717, 1.165) is 31.4 Å². The minimum atomic E-state index is -0.612. The van der Waals surface area contributed by atoms with Crippen LogP contribution in [0, 0.1) is 5.41 Å². The van der Waals surface area contributed by atoms with Gasteiger partial charge in [0.05, 0.1) is 17.0 Å². The standard InChI is InChI=1S/C22H27N5O2/c23-17-8-4-5-9-19(17)26-15-10-11-16(22(25)29)20(12-15)27-21(28)13-18(24)14-6-2-1-3-7-14/h1-3,6-7,10-13,17,19,24,26-28H,4-5,8-9,23H2,(H2,25,29)/b21-13-,24-18?/t17-,19+/m0/s1. The third-order valence-electron chi connectivity index (χ3n) is 5.09. The first kappa shape index (κ1) is 20.4.